The summed E-state index contributed by atoms with van der Waals surface area (Å²) in [5, 5.41) is 3.95. The van der Waals surface area contributed by atoms with Gasteiger partial charge in [-0.05, 0) is 62.4 Å². The summed E-state index contributed by atoms with van der Waals surface area (Å²) < 4.78 is 18.2. The normalized spacial score (nSPS) is 18.9. The standard InChI is InChI=1S/C23H24FN3O2/c1-15-6-12-21(13-9-17-7-10-20(24)11-8-17)27(15)23(28)19-5-3-4-18(14-19)22-25-16(2)29-26-22/h3-5,7-8,10-11,14-15,21H,6,9,12-13H2,1-2H3/t15-,21-/m1/s1. The Morgan fingerprint density at radius 2 is 2.00 bits per heavy atom. The molecule has 0 bridgehead atoms. The van der Waals surface area contributed by atoms with Gasteiger partial charge in [-0.15, -0.1) is 0 Å². The molecule has 0 spiro atoms. The zero-order valence-electron chi connectivity index (χ0n) is 16.6. The van der Waals surface area contributed by atoms with Crippen molar-refractivity contribution in [2.45, 2.75) is 51.6 Å². The SMILES string of the molecule is Cc1nc(-c2cccc(C(=O)N3[C@@H](CCc4ccc(F)cc4)CC[C@H]3C)c2)no1. The molecule has 2 atom stereocenters. The third-order valence-electron chi connectivity index (χ3n) is 5.60. The van der Waals surface area contributed by atoms with Gasteiger partial charge < -0.3 is 9.42 Å². The Bertz CT molecular complexity index is 999. The van der Waals surface area contributed by atoms with Crippen LogP contribution in [0.1, 0.15) is 48.0 Å². The molecule has 1 fully saturated rings. The first-order chi connectivity index (χ1) is 14.0. The minimum Gasteiger partial charge on any atom is -0.339 e. The zero-order valence-corrected chi connectivity index (χ0v) is 16.6. The van der Waals surface area contributed by atoms with Crippen molar-refractivity contribution >= 4 is 5.91 Å². The van der Waals surface area contributed by atoms with Crippen molar-refractivity contribution in [3.8, 4) is 11.4 Å². The van der Waals surface area contributed by atoms with Crippen molar-refractivity contribution in [3.05, 3.63) is 71.4 Å². The van der Waals surface area contributed by atoms with Gasteiger partial charge >= 0.3 is 0 Å². The maximum atomic E-state index is 13.3. The summed E-state index contributed by atoms with van der Waals surface area (Å²) in [6.07, 6.45) is 3.66. The van der Waals surface area contributed by atoms with Crippen molar-refractivity contribution in [3.63, 3.8) is 0 Å². The summed E-state index contributed by atoms with van der Waals surface area (Å²) in [6.45, 7) is 3.84. The third kappa shape index (κ3) is 4.21. The van der Waals surface area contributed by atoms with E-state index in [4.69, 9.17) is 4.52 Å². The summed E-state index contributed by atoms with van der Waals surface area (Å²) in [4.78, 5) is 19.6. The fourth-order valence-electron chi connectivity index (χ4n) is 4.06. The summed E-state index contributed by atoms with van der Waals surface area (Å²) in [7, 11) is 0. The molecule has 0 unspecified atom stereocenters. The molecule has 0 N–H and O–H groups in total. The number of hydrogen-bond acceptors (Lipinski definition) is 4. The first-order valence-corrected chi connectivity index (χ1v) is 9.99. The van der Waals surface area contributed by atoms with E-state index in [0.29, 0.717) is 17.3 Å². The van der Waals surface area contributed by atoms with Crippen LogP contribution >= 0.6 is 0 Å². The highest BCUT2D eigenvalue weighted by atomic mass is 19.1. The highest BCUT2D eigenvalue weighted by Crippen LogP contribution is 2.30. The van der Waals surface area contributed by atoms with Gasteiger partial charge in [0.25, 0.3) is 5.91 Å². The Hall–Kier alpha value is -3.02. The molecule has 0 saturated carbocycles. The van der Waals surface area contributed by atoms with Crippen LogP contribution in [-0.2, 0) is 6.42 Å². The highest BCUT2D eigenvalue weighted by molar-refractivity contribution is 5.95. The highest BCUT2D eigenvalue weighted by Gasteiger charge is 2.34. The minimum atomic E-state index is -0.225. The summed E-state index contributed by atoms with van der Waals surface area (Å²) in [6, 6.07) is 14.4. The molecule has 29 heavy (non-hydrogen) atoms. The van der Waals surface area contributed by atoms with Crippen LogP contribution in [0.3, 0.4) is 0 Å². The van der Waals surface area contributed by atoms with Crippen LogP contribution in [0, 0.1) is 12.7 Å². The predicted octanol–water partition coefficient (Wildman–Crippen LogP) is 4.81. The molecule has 1 aliphatic rings. The lowest BCUT2D eigenvalue weighted by molar-refractivity contribution is 0.0673. The second-order valence-corrected chi connectivity index (χ2v) is 7.68. The Morgan fingerprint density at radius 3 is 2.72 bits per heavy atom. The quantitative estimate of drug-likeness (QED) is 0.624. The molecule has 150 valence electrons. The zero-order chi connectivity index (χ0) is 20.4. The van der Waals surface area contributed by atoms with Crippen LogP contribution in [0.5, 0.6) is 0 Å². The third-order valence-corrected chi connectivity index (χ3v) is 5.60. The monoisotopic (exact) mass is 393 g/mol. The molecule has 2 heterocycles. The van der Waals surface area contributed by atoms with E-state index in [9.17, 15) is 9.18 Å². The van der Waals surface area contributed by atoms with Gasteiger partial charge in [0, 0.05) is 30.1 Å². The lowest BCUT2D eigenvalue weighted by Crippen LogP contribution is -2.40. The minimum absolute atomic E-state index is 0.0289. The molecule has 1 amide bonds. The van der Waals surface area contributed by atoms with E-state index in [2.05, 4.69) is 17.1 Å². The largest absolute Gasteiger partial charge is 0.339 e. The Morgan fingerprint density at radius 1 is 1.21 bits per heavy atom. The Labute approximate surface area is 169 Å². The molecule has 4 rings (SSSR count). The maximum absolute atomic E-state index is 13.3. The average molecular weight is 393 g/mol. The topological polar surface area (TPSA) is 59.2 Å². The number of aromatic nitrogens is 2. The Balaban J connectivity index is 1.50. The molecule has 3 aromatic rings. The van der Waals surface area contributed by atoms with Gasteiger partial charge in [0.05, 0.1) is 0 Å². The molecule has 1 aliphatic heterocycles. The second kappa shape index (κ2) is 8.15. The molecule has 1 saturated heterocycles. The van der Waals surface area contributed by atoms with Gasteiger partial charge in [-0.3, -0.25) is 4.79 Å². The lowest BCUT2D eigenvalue weighted by atomic mass is 10.0. The summed E-state index contributed by atoms with van der Waals surface area (Å²) in [5.74, 6) is 0.781. The van der Waals surface area contributed by atoms with Gasteiger partial charge in [-0.1, -0.05) is 29.4 Å². The van der Waals surface area contributed by atoms with E-state index in [-0.39, 0.29) is 23.8 Å². The van der Waals surface area contributed by atoms with Crippen molar-refractivity contribution < 1.29 is 13.7 Å². The maximum Gasteiger partial charge on any atom is 0.254 e. The van der Waals surface area contributed by atoms with E-state index in [0.717, 1.165) is 36.8 Å². The predicted molar refractivity (Wildman–Crippen MR) is 108 cm³/mol. The van der Waals surface area contributed by atoms with Crippen LogP contribution in [0.2, 0.25) is 0 Å². The number of carbonyl (C=O) groups is 1. The molecule has 6 heteroatoms. The number of halogens is 1. The van der Waals surface area contributed by atoms with E-state index < -0.39 is 0 Å². The van der Waals surface area contributed by atoms with Gasteiger partial charge in [-0.2, -0.15) is 4.98 Å². The van der Waals surface area contributed by atoms with E-state index in [1.54, 1.807) is 6.92 Å². The van der Waals surface area contributed by atoms with Gasteiger partial charge in [0.1, 0.15) is 5.82 Å². The number of amides is 1. The first-order valence-electron chi connectivity index (χ1n) is 9.99. The van der Waals surface area contributed by atoms with Crippen LogP contribution in [0.25, 0.3) is 11.4 Å². The van der Waals surface area contributed by atoms with Crippen molar-refractivity contribution in [2.75, 3.05) is 0 Å². The number of likely N-dealkylation sites (tertiary alicyclic amines) is 1. The molecule has 2 aromatic carbocycles. The van der Waals surface area contributed by atoms with E-state index in [1.807, 2.05) is 41.3 Å². The van der Waals surface area contributed by atoms with Crippen LogP contribution in [0.15, 0.2) is 53.1 Å². The molecule has 0 radical (unpaired) electrons. The van der Waals surface area contributed by atoms with Crippen molar-refractivity contribution in [1.29, 1.82) is 0 Å². The number of aryl methyl sites for hydroxylation is 2. The summed E-state index contributed by atoms with van der Waals surface area (Å²) >= 11 is 0. The van der Waals surface area contributed by atoms with E-state index >= 15 is 0 Å². The Kier molecular flexibility index (Phi) is 5.43. The van der Waals surface area contributed by atoms with Crippen LogP contribution in [-0.4, -0.2) is 33.0 Å². The van der Waals surface area contributed by atoms with Crippen LogP contribution < -0.4 is 0 Å². The number of nitrogens with zero attached hydrogens (tertiary/aromatic N) is 3. The van der Waals surface area contributed by atoms with Crippen molar-refractivity contribution in [2.24, 2.45) is 0 Å². The number of benzene rings is 2. The number of rotatable bonds is 5. The summed E-state index contributed by atoms with van der Waals surface area (Å²) in [5.41, 5.74) is 2.49. The smallest absolute Gasteiger partial charge is 0.254 e. The average Bonchev–Trinajstić information content (AvgIpc) is 3.33. The van der Waals surface area contributed by atoms with Crippen molar-refractivity contribution in [1.82, 2.24) is 15.0 Å². The number of hydrogen-bond donors (Lipinski definition) is 0. The van der Waals surface area contributed by atoms with E-state index in [1.165, 1.54) is 12.1 Å². The molecular weight excluding hydrogens is 369 g/mol. The van der Waals surface area contributed by atoms with Crippen LogP contribution in [0.4, 0.5) is 4.39 Å². The molecule has 5 nitrogen and oxygen atoms in total. The second-order valence-electron chi connectivity index (χ2n) is 7.68. The fourth-order valence-corrected chi connectivity index (χ4v) is 4.06. The fraction of sp³-hybridized carbons (Fsp3) is 0.348. The molecule has 1 aromatic heterocycles. The molecular formula is C23H24FN3O2. The first kappa shape index (κ1) is 19.3. The van der Waals surface area contributed by atoms with Gasteiger partial charge in [0.15, 0.2) is 0 Å². The molecule has 0 aliphatic carbocycles. The van der Waals surface area contributed by atoms with Gasteiger partial charge in [0.2, 0.25) is 11.7 Å². The van der Waals surface area contributed by atoms with Gasteiger partial charge in [-0.25, -0.2) is 4.39 Å². The lowest BCUT2D eigenvalue weighted by Gasteiger charge is -2.29. The number of carbonyl (C=O) groups excluding carboxylic acids is 1.